The van der Waals surface area contributed by atoms with Gasteiger partial charge in [0.1, 0.15) is 6.67 Å². The first-order chi connectivity index (χ1) is 11.7. The number of carbonyl (C=O) groups excluding carboxylic acids is 1. The van der Waals surface area contributed by atoms with Gasteiger partial charge in [-0.2, -0.15) is 0 Å². The highest BCUT2D eigenvalue weighted by Gasteiger charge is 2.50. The molecule has 0 radical (unpaired) electrons. The van der Waals surface area contributed by atoms with E-state index in [1.165, 1.54) is 13.2 Å². The van der Waals surface area contributed by atoms with E-state index in [0.29, 0.717) is 17.6 Å². The van der Waals surface area contributed by atoms with Crippen LogP contribution in [0.2, 0.25) is 5.02 Å². The van der Waals surface area contributed by atoms with Gasteiger partial charge in [-0.1, -0.05) is 35.9 Å². The molecule has 2 fully saturated rings. The lowest BCUT2D eigenvalue weighted by atomic mass is 9.76. The Labute approximate surface area is 147 Å². The molecule has 1 aromatic rings. The lowest BCUT2D eigenvalue weighted by Crippen LogP contribution is -2.50. The van der Waals surface area contributed by atoms with Gasteiger partial charge in [-0.3, -0.25) is 9.69 Å². The van der Waals surface area contributed by atoms with Crippen LogP contribution in [-0.2, 0) is 9.53 Å². The molecule has 0 amide bonds. The summed E-state index contributed by atoms with van der Waals surface area (Å²) in [6.07, 6.45) is 6.38. The molecule has 0 aliphatic carbocycles. The number of rotatable bonds is 5. The van der Waals surface area contributed by atoms with Gasteiger partial charge >= 0.3 is 5.97 Å². The third-order valence-corrected chi connectivity index (χ3v) is 5.66. The summed E-state index contributed by atoms with van der Waals surface area (Å²) < 4.78 is 17.5. The van der Waals surface area contributed by atoms with Crippen LogP contribution in [0.15, 0.2) is 36.4 Å². The maximum absolute atomic E-state index is 12.5. The van der Waals surface area contributed by atoms with Crippen molar-refractivity contribution < 1.29 is 13.9 Å². The van der Waals surface area contributed by atoms with Crippen LogP contribution in [0.1, 0.15) is 30.7 Å². The molecule has 0 N–H and O–H groups in total. The summed E-state index contributed by atoms with van der Waals surface area (Å²) in [5, 5.41) is 0.699. The van der Waals surface area contributed by atoms with Crippen molar-refractivity contribution in [1.82, 2.24) is 4.90 Å². The summed E-state index contributed by atoms with van der Waals surface area (Å²) in [7, 11) is 1.45. The number of hydrogen-bond donors (Lipinski definition) is 0. The lowest BCUT2D eigenvalue weighted by Gasteiger charge is -2.43. The average Bonchev–Trinajstić information content (AvgIpc) is 2.87. The predicted molar refractivity (Wildman–Crippen MR) is 92.9 cm³/mol. The van der Waals surface area contributed by atoms with Gasteiger partial charge in [-0.15, -0.1) is 0 Å². The van der Waals surface area contributed by atoms with Gasteiger partial charge in [0.15, 0.2) is 0 Å². The van der Waals surface area contributed by atoms with Gasteiger partial charge < -0.3 is 4.74 Å². The zero-order chi connectivity index (χ0) is 17.1. The number of ether oxygens (including phenoxy) is 1. The quantitative estimate of drug-likeness (QED) is 0.593. The molecule has 2 saturated heterocycles. The molecule has 5 heteroatoms. The van der Waals surface area contributed by atoms with Crippen molar-refractivity contribution in [1.29, 1.82) is 0 Å². The number of piperidine rings is 1. The molecule has 3 nitrogen and oxygen atoms in total. The maximum atomic E-state index is 12.5. The minimum absolute atomic E-state index is 0.147. The highest BCUT2D eigenvalue weighted by Crippen LogP contribution is 2.47. The third kappa shape index (κ3) is 3.35. The first kappa shape index (κ1) is 17.4. The van der Waals surface area contributed by atoms with Crippen LogP contribution >= 0.6 is 11.6 Å². The van der Waals surface area contributed by atoms with Crippen LogP contribution in [-0.4, -0.2) is 43.3 Å². The molecular weight excluding hydrogens is 329 g/mol. The SMILES string of the molecule is COC(=O)[C@H]1[C@@H](c2ccc(Cl)cc2)C[C@@H]2CC[C@H]1N2C/C=C/CF. The average molecular weight is 352 g/mol. The van der Waals surface area contributed by atoms with Gasteiger partial charge in [0.2, 0.25) is 0 Å². The number of allylic oxidation sites excluding steroid dienone is 1. The summed E-state index contributed by atoms with van der Waals surface area (Å²) in [6.45, 7) is 0.247. The number of alkyl halides is 1. The first-order valence-corrected chi connectivity index (χ1v) is 8.83. The van der Waals surface area contributed by atoms with Crippen molar-refractivity contribution in [3.05, 3.63) is 47.0 Å². The standard InChI is InChI=1S/C19H23ClFNO2/c1-24-19(23)18-16(13-4-6-14(20)7-5-13)12-15-8-9-17(18)22(15)11-3-2-10-21/h2-7,15-18H,8-12H2,1H3/b3-2+/t15-,16+,17+,18-/m0/s1. The van der Waals surface area contributed by atoms with Gasteiger partial charge in [0.05, 0.1) is 13.0 Å². The maximum Gasteiger partial charge on any atom is 0.310 e. The Bertz CT molecular complexity index is 604. The van der Waals surface area contributed by atoms with E-state index in [9.17, 15) is 9.18 Å². The van der Waals surface area contributed by atoms with Crippen LogP contribution in [0.5, 0.6) is 0 Å². The lowest BCUT2D eigenvalue weighted by molar-refractivity contribution is -0.150. The number of benzene rings is 1. The first-order valence-electron chi connectivity index (χ1n) is 8.45. The second-order valence-electron chi connectivity index (χ2n) is 6.56. The topological polar surface area (TPSA) is 29.5 Å². The smallest absolute Gasteiger partial charge is 0.310 e. The van der Waals surface area contributed by atoms with E-state index in [2.05, 4.69) is 4.90 Å². The van der Waals surface area contributed by atoms with Gasteiger partial charge in [-0.25, -0.2) is 4.39 Å². The molecule has 2 bridgehead atoms. The fraction of sp³-hybridized carbons (Fsp3) is 0.526. The summed E-state index contributed by atoms with van der Waals surface area (Å²) in [5.41, 5.74) is 1.14. The van der Waals surface area contributed by atoms with E-state index in [4.69, 9.17) is 16.3 Å². The van der Waals surface area contributed by atoms with Crippen LogP contribution in [0.3, 0.4) is 0 Å². The second-order valence-corrected chi connectivity index (χ2v) is 7.00. The Kier molecular flexibility index (Phi) is 5.57. The summed E-state index contributed by atoms with van der Waals surface area (Å²) in [5.74, 6) is -0.193. The van der Waals surface area contributed by atoms with E-state index >= 15 is 0 Å². The highest BCUT2D eigenvalue weighted by atomic mass is 35.5. The molecule has 3 rings (SSSR count). The van der Waals surface area contributed by atoms with Crippen molar-refractivity contribution in [2.24, 2.45) is 5.92 Å². The third-order valence-electron chi connectivity index (χ3n) is 5.41. The Hall–Kier alpha value is -1.39. The molecule has 24 heavy (non-hydrogen) atoms. The van der Waals surface area contributed by atoms with Crippen molar-refractivity contribution in [3.63, 3.8) is 0 Å². The molecule has 130 valence electrons. The van der Waals surface area contributed by atoms with E-state index in [0.717, 1.165) is 24.8 Å². The highest BCUT2D eigenvalue weighted by molar-refractivity contribution is 6.30. The molecule has 2 aliphatic rings. The fourth-order valence-corrected chi connectivity index (χ4v) is 4.49. The second kappa shape index (κ2) is 7.66. The van der Waals surface area contributed by atoms with Crippen molar-refractivity contribution in [2.75, 3.05) is 20.3 Å². The number of halogens is 2. The number of hydrogen-bond acceptors (Lipinski definition) is 3. The van der Waals surface area contributed by atoms with Gasteiger partial charge in [0.25, 0.3) is 0 Å². The largest absolute Gasteiger partial charge is 0.469 e. The van der Waals surface area contributed by atoms with E-state index in [1.807, 2.05) is 30.3 Å². The zero-order valence-electron chi connectivity index (χ0n) is 13.8. The van der Waals surface area contributed by atoms with E-state index in [-0.39, 0.29) is 23.8 Å². The Morgan fingerprint density at radius 3 is 2.75 bits per heavy atom. The number of methoxy groups -OCH3 is 1. The Balaban J connectivity index is 1.87. The van der Waals surface area contributed by atoms with Gasteiger partial charge in [0, 0.05) is 29.6 Å². The van der Waals surface area contributed by atoms with Crippen molar-refractivity contribution >= 4 is 17.6 Å². The molecule has 4 atom stereocenters. The minimum Gasteiger partial charge on any atom is -0.469 e. The minimum atomic E-state index is -0.447. The summed E-state index contributed by atoms with van der Waals surface area (Å²) in [6, 6.07) is 8.37. The number of carbonyl (C=O) groups is 1. The van der Waals surface area contributed by atoms with E-state index < -0.39 is 6.67 Å². The molecule has 2 heterocycles. The Morgan fingerprint density at radius 1 is 1.33 bits per heavy atom. The monoisotopic (exact) mass is 351 g/mol. The number of esters is 1. The number of nitrogens with zero attached hydrogens (tertiary/aromatic N) is 1. The number of fused-ring (bicyclic) bond motifs is 2. The Morgan fingerprint density at radius 2 is 2.08 bits per heavy atom. The predicted octanol–water partition coefficient (Wildman–Crippen LogP) is 3.98. The fourth-order valence-electron chi connectivity index (χ4n) is 4.37. The molecule has 2 aliphatic heterocycles. The normalized spacial score (nSPS) is 30.0. The molecule has 1 aromatic carbocycles. The molecule has 0 saturated carbocycles. The molecule has 0 spiro atoms. The molecular formula is C19H23ClFNO2. The van der Waals surface area contributed by atoms with Crippen molar-refractivity contribution in [3.8, 4) is 0 Å². The molecule has 0 aromatic heterocycles. The summed E-state index contributed by atoms with van der Waals surface area (Å²) >= 11 is 6.00. The van der Waals surface area contributed by atoms with Crippen molar-refractivity contribution in [2.45, 2.75) is 37.3 Å². The molecule has 0 unspecified atom stereocenters. The van der Waals surface area contributed by atoms with Crippen LogP contribution in [0, 0.1) is 5.92 Å². The van der Waals surface area contributed by atoms with Gasteiger partial charge in [-0.05, 0) is 37.0 Å². The van der Waals surface area contributed by atoms with Crippen LogP contribution in [0.4, 0.5) is 4.39 Å². The summed E-state index contributed by atoms with van der Waals surface area (Å²) in [4.78, 5) is 14.9. The van der Waals surface area contributed by atoms with E-state index in [1.54, 1.807) is 0 Å². The van der Waals surface area contributed by atoms with Crippen LogP contribution in [0.25, 0.3) is 0 Å². The van der Waals surface area contributed by atoms with Crippen LogP contribution < -0.4 is 0 Å². The zero-order valence-corrected chi connectivity index (χ0v) is 14.6.